The van der Waals surface area contributed by atoms with Gasteiger partial charge < -0.3 is 19.3 Å². The first-order chi connectivity index (χ1) is 17.4. The highest BCUT2D eigenvalue weighted by Gasteiger charge is 2.33. The number of aryl methyl sites for hydroxylation is 2. The van der Waals surface area contributed by atoms with Crippen molar-refractivity contribution >= 4 is 23.2 Å². The number of benzene rings is 2. The number of methoxy groups -OCH3 is 1. The van der Waals surface area contributed by atoms with Crippen molar-refractivity contribution in [3.8, 4) is 11.5 Å². The van der Waals surface area contributed by atoms with E-state index < -0.39 is 0 Å². The normalized spacial score (nSPS) is 14.8. The average Bonchev–Trinajstić information content (AvgIpc) is 3.36. The molecule has 0 N–H and O–H groups in total. The SMILES string of the molecule is CCCN(CC(=O)N1CCc2sccc2[C@H]1COc1ccc(C)cc1C)C(=O)c1cccc(OC)c1. The zero-order chi connectivity index (χ0) is 25.7. The molecule has 190 valence electrons. The van der Waals surface area contributed by atoms with Crippen molar-refractivity contribution in [1.29, 1.82) is 0 Å². The Bertz CT molecular complexity index is 1220. The predicted octanol–water partition coefficient (Wildman–Crippen LogP) is 5.43. The molecular formula is C29H34N2O4S. The number of hydrogen-bond acceptors (Lipinski definition) is 5. The third-order valence-electron chi connectivity index (χ3n) is 6.57. The molecule has 1 aliphatic heterocycles. The summed E-state index contributed by atoms with van der Waals surface area (Å²) in [6, 6.07) is 15.1. The standard InChI is InChI=1S/C29H34N2O4S/c1-5-13-30(29(33)22-7-6-8-23(17-22)34-4)18-28(32)31-14-11-27-24(12-15-36-27)25(31)19-35-26-10-9-20(2)16-21(26)3/h6-10,12,15-17,25H,5,11,13-14,18-19H2,1-4H3/t25-/m1/s1. The Morgan fingerprint density at radius 3 is 2.72 bits per heavy atom. The fourth-order valence-electron chi connectivity index (χ4n) is 4.72. The number of ether oxygens (including phenoxy) is 2. The van der Waals surface area contributed by atoms with Gasteiger partial charge in [0, 0.05) is 23.5 Å². The number of amides is 2. The van der Waals surface area contributed by atoms with Gasteiger partial charge in [-0.05, 0) is 73.5 Å². The lowest BCUT2D eigenvalue weighted by atomic mass is 10.00. The molecule has 4 rings (SSSR count). The Morgan fingerprint density at radius 2 is 1.97 bits per heavy atom. The molecule has 0 radical (unpaired) electrons. The summed E-state index contributed by atoms with van der Waals surface area (Å²) in [6.45, 7) is 7.62. The second kappa shape index (κ2) is 11.6. The van der Waals surface area contributed by atoms with Gasteiger partial charge in [-0.2, -0.15) is 0 Å². The second-order valence-electron chi connectivity index (χ2n) is 9.19. The fraction of sp³-hybridized carbons (Fsp3) is 0.379. The second-order valence-corrected chi connectivity index (χ2v) is 10.2. The van der Waals surface area contributed by atoms with Gasteiger partial charge in [-0.1, -0.05) is 30.7 Å². The van der Waals surface area contributed by atoms with Crippen LogP contribution >= 0.6 is 11.3 Å². The van der Waals surface area contributed by atoms with Crippen LogP contribution < -0.4 is 9.47 Å². The van der Waals surface area contributed by atoms with E-state index in [4.69, 9.17) is 9.47 Å². The summed E-state index contributed by atoms with van der Waals surface area (Å²) in [4.78, 5) is 31.8. The van der Waals surface area contributed by atoms with Gasteiger partial charge >= 0.3 is 0 Å². The number of hydrogen-bond donors (Lipinski definition) is 0. The molecule has 3 aromatic rings. The van der Waals surface area contributed by atoms with Crippen molar-refractivity contribution in [3.05, 3.63) is 81.0 Å². The van der Waals surface area contributed by atoms with E-state index in [0.717, 1.165) is 29.7 Å². The first kappa shape index (κ1) is 25.8. The highest BCUT2D eigenvalue weighted by Crippen LogP contribution is 2.34. The molecule has 2 heterocycles. The van der Waals surface area contributed by atoms with E-state index in [1.165, 1.54) is 10.4 Å². The van der Waals surface area contributed by atoms with Gasteiger partial charge in [0.15, 0.2) is 0 Å². The third kappa shape index (κ3) is 5.73. The molecule has 0 saturated heterocycles. The largest absolute Gasteiger partial charge is 0.497 e. The minimum atomic E-state index is -0.191. The molecule has 6 nitrogen and oxygen atoms in total. The molecule has 7 heteroatoms. The van der Waals surface area contributed by atoms with Crippen LogP contribution in [0.5, 0.6) is 11.5 Å². The number of rotatable bonds is 9. The van der Waals surface area contributed by atoms with E-state index in [2.05, 4.69) is 24.4 Å². The third-order valence-corrected chi connectivity index (χ3v) is 7.56. The Kier molecular flexibility index (Phi) is 8.31. The number of carbonyl (C=O) groups is 2. The van der Waals surface area contributed by atoms with Crippen molar-refractivity contribution in [2.24, 2.45) is 0 Å². The Labute approximate surface area is 217 Å². The topological polar surface area (TPSA) is 59.1 Å². The molecule has 0 aliphatic carbocycles. The van der Waals surface area contributed by atoms with Gasteiger partial charge in [0.1, 0.15) is 24.7 Å². The molecule has 0 fully saturated rings. The van der Waals surface area contributed by atoms with Crippen LogP contribution in [0.25, 0.3) is 0 Å². The van der Waals surface area contributed by atoms with E-state index >= 15 is 0 Å². The summed E-state index contributed by atoms with van der Waals surface area (Å²) in [5.74, 6) is 1.22. The monoisotopic (exact) mass is 506 g/mol. The van der Waals surface area contributed by atoms with Crippen molar-refractivity contribution in [2.45, 2.75) is 39.7 Å². The van der Waals surface area contributed by atoms with Crippen LogP contribution in [0.2, 0.25) is 0 Å². The molecule has 0 saturated carbocycles. The van der Waals surface area contributed by atoms with Crippen LogP contribution in [0.4, 0.5) is 0 Å². The van der Waals surface area contributed by atoms with Gasteiger partial charge in [-0.3, -0.25) is 9.59 Å². The van der Waals surface area contributed by atoms with Gasteiger partial charge in [0.25, 0.3) is 5.91 Å². The molecular weight excluding hydrogens is 472 g/mol. The summed E-state index contributed by atoms with van der Waals surface area (Å²) in [6.07, 6.45) is 1.58. The highest BCUT2D eigenvalue weighted by atomic mass is 32.1. The minimum Gasteiger partial charge on any atom is -0.497 e. The molecule has 36 heavy (non-hydrogen) atoms. The van der Waals surface area contributed by atoms with Gasteiger partial charge in [0.2, 0.25) is 5.91 Å². The number of fused-ring (bicyclic) bond motifs is 1. The molecule has 1 aromatic heterocycles. The lowest BCUT2D eigenvalue weighted by Gasteiger charge is -2.37. The first-order valence-corrected chi connectivity index (χ1v) is 13.3. The van der Waals surface area contributed by atoms with Crippen LogP contribution in [-0.4, -0.2) is 55.0 Å². The smallest absolute Gasteiger partial charge is 0.254 e. The molecule has 0 spiro atoms. The van der Waals surface area contributed by atoms with Gasteiger partial charge in [0.05, 0.1) is 13.2 Å². The van der Waals surface area contributed by atoms with Crippen LogP contribution in [0.15, 0.2) is 53.9 Å². The van der Waals surface area contributed by atoms with E-state index in [1.54, 1.807) is 47.6 Å². The molecule has 1 atom stereocenters. The van der Waals surface area contributed by atoms with Crippen molar-refractivity contribution in [2.75, 3.05) is 33.4 Å². The lowest BCUT2D eigenvalue weighted by molar-refractivity contribution is -0.135. The number of nitrogens with zero attached hydrogens (tertiary/aromatic N) is 2. The zero-order valence-corrected chi connectivity index (χ0v) is 22.3. The van der Waals surface area contributed by atoms with Crippen molar-refractivity contribution in [3.63, 3.8) is 0 Å². The highest BCUT2D eigenvalue weighted by molar-refractivity contribution is 7.10. The molecule has 1 aliphatic rings. The summed E-state index contributed by atoms with van der Waals surface area (Å²) < 4.78 is 11.5. The lowest BCUT2D eigenvalue weighted by Crippen LogP contribution is -2.48. The Morgan fingerprint density at radius 1 is 1.14 bits per heavy atom. The van der Waals surface area contributed by atoms with E-state index in [0.29, 0.717) is 31.0 Å². The Balaban J connectivity index is 1.53. The zero-order valence-electron chi connectivity index (χ0n) is 21.5. The predicted molar refractivity (Wildman–Crippen MR) is 143 cm³/mol. The molecule has 2 aromatic carbocycles. The molecule has 2 amide bonds. The van der Waals surface area contributed by atoms with Crippen LogP contribution in [0.3, 0.4) is 0 Å². The number of thiophene rings is 1. The quantitative estimate of drug-likeness (QED) is 0.388. The van der Waals surface area contributed by atoms with Crippen LogP contribution in [0, 0.1) is 13.8 Å². The maximum absolute atomic E-state index is 13.7. The van der Waals surface area contributed by atoms with E-state index in [1.807, 2.05) is 30.9 Å². The first-order valence-electron chi connectivity index (χ1n) is 12.4. The molecule has 0 bridgehead atoms. The minimum absolute atomic E-state index is 0.0312. The average molecular weight is 507 g/mol. The van der Waals surface area contributed by atoms with E-state index in [9.17, 15) is 9.59 Å². The summed E-state index contributed by atoms with van der Waals surface area (Å²) in [5, 5.41) is 2.08. The maximum atomic E-state index is 13.7. The maximum Gasteiger partial charge on any atom is 0.254 e. The Hall–Kier alpha value is -3.32. The fourth-order valence-corrected chi connectivity index (χ4v) is 5.65. The van der Waals surface area contributed by atoms with Crippen LogP contribution in [-0.2, 0) is 11.2 Å². The summed E-state index contributed by atoms with van der Waals surface area (Å²) in [5.41, 5.74) is 3.92. The van der Waals surface area contributed by atoms with Crippen molar-refractivity contribution < 1.29 is 19.1 Å². The van der Waals surface area contributed by atoms with E-state index in [-0.39, 0.29) is 24.4 Å². The van der Waals surface area contributed by atoms with Crippen LogP contribution in [0.1, 0.15) is 51.3 Å². The van der Waals surface area contributed by atoms with Gasteiger partial charge in [-0.15, -0.1) is 11.3 Å². The summed E-state index contributed by atoms with van der Waals surface area (Å²) >= 11 is 1.73. The van der Waals surface area contributed by atoms with Crippen molar-refractivity contribution in [1.82, 2.24) is 9.80 Å². The number of carbonyl (C=O) groups excluding carboxylic acids is 2. The molecule has 0 unspecified atom stereocenters. The summed E-state index contributed by atoms with van der Waals surface area (Å²) in [7, 11) is 1.58. The van der Waals surface area contributed by atoms with Gasteiger partial charge in [-0.25, -0.2) is 0 Å².